The lowest BCUT2D eigenvalue weighted by Crippen LogP contribution is -2.55. The van der Waals surface area contributed by atoms with Crippen molar-refractivity contribution < 1.29 is 44.3 Å². The first-order valence-electron chi connectivity index (χ1n) is 10.0. The summed E-state index contributed by atoms with van der Waals surface area (Å²) in [5.41, 5.74) is -2.03. The summed E-state index contributed by atoms with van der Waals surface area (Å²) in [7, 11) is -5.22. The zero-order valence-corrected chi connectivity index (χ0v) is 19.8. The van der Waals surface area contributed by atoms with E-state index in [-0.39, 0.29) is 0 Å². The zero-order valence-electron chi connectivity index (χ0n) is 18.0. The lowest BCUT2D eigenvalue weighted by atomic mass is 9.61. The number of hydrogen-bond donors (Lipinski definition) is 8. The van der Waals surface area contributed by atoms with Gasteiger partial charge in [-0.1, -0.05) is 91.0 Å². The van der Waals surface area contributed by atoms with E-state index in [1.807, 2.05) is 18.2 Å². The summed E-state index contributed by atoms with van der Waals surface area (Å²) < 4.78 is 3.60. The third kappa shape index (κ3) is 6.43. The molecule has 0 aliphatic heterocycles. The molecule has 0 fully saturated rings. The van der Waals surface area contributed by atoms with Crippen molar-refractivity contribution in [3.05, 3.63) is 108 Å². The van der Waals surface area contributed by atoms with Gasteiger partial charge < -0.3 is 40.0 Å². The lowest BCUT2D eigenvalue weighted by molar-refractivity contribution is -0.173. The van der Waals surface area contributed by atoms with Crippen LogP contribution < -0.4 is 0 Å². The van der Waals surface area contributed by atoms with Crippen molar-refractivity contribution in [1.29, 1.82) is 0 Å². The molecule has 3 aromatic rings. The molecule has 0 saturated carbocycles. The maximum absolute atomic E-state index is 12.0. The van der Waals surface area contributed by atoms with Crippen molar-refractivity contribution >= 4 is 17.2 Å². The van der Waals surface area contributed by atoms with Crippen LogP contribution in [0, 0.1) is 5.41 Å². The van der Waals surface area contributed by atoms with E-state index in [4.69, 9.17) is 19.6 Å². The van der Waals surface area contributed by atoms with Crippen LogP contribution in [0.2, 0.25) is 0 Å². The molecule has 0 heterocycles. The lowest BCUT2D eigenvalue weighted by Gasteiger charge is -2.48. The molecule has 0 radical (unpaired) electrons. The van der Waals surface area contributed by atoms with Crippen molar-refractivity contribution in [3.8, 4) is 0 Å². The molecule has 11 heteroatoms. The van der Waals surface area contributed by atoms with Crippen molar-refractivity contribution in [3.63, 3.8) is 0 Å². The topological polar surface area (TPSA) is 171 Å². The molecule has 0 bridgehead atoms. The summed E-state index contributed by atoms with van der Waals surface area (Å²) in [6.07, 6.45) is -1.31. The van der Waals surface area contributed by atoms with Crippen LogP contribution in [0.1, 0.15) is 22.8 Å². The van der Waals surface area contributed by atoms with Crippen LogP contribution >= 0.6 is 17.2 Å². The van der Waals surface area contributed by atoms with Gasteiger partial charge >= 0.3 is 17.2 Å². The van der Waals surface area contributed by atoms with Crippen LogP contribution in [-0.4, -0.2) is 53.2 Å². The highest BCUT2D eigenvalue weighted by molar-refractivity contribution is 7.53. The molecule has 0 aliphatic rings. The summed E-state index contributed by atoms with van der Waals surface area (Å²) in [6, 6.07) is 26.4. The van der Waals surface area contributed by atoms with Crippen molar-refractivity contribution in [2.45, 2.75) is 11.7 Å². The molecule has 0 aromatic heterocycles. The predicted molar refractivity (Wildman–Crippen MR) is 128 cm³/mol. The van der Waals surface area contributed by atoms with Crippen molar-refractivity contribution in [1.82, 2.24) is 0 Å². The molecule has 1 atom stereocenters. The van der Waals surface area contributed by atoms with Crippen LogP contribution in [0.15, 0.2) is 91.0 Å². The fourth-order valence-electron chi connectivity index (χ4n) is 3.77. The summed E-state index contributed by atoms with van der Waals surface area (Å²) in [5, 5.41) is 44.0. The fourth-order valence-corrected chi connectivity index (χ4v) is 4.29. The molecule has 3 rings (SSSR count). The summed E-state index contributed by atoms with van der Waals surface area (Å²) in [6.45, 7) is -1.25. The second kappa shape index (κ2) is 13.3. The Balaban J connectivity index is 0.000000509. The average Bonchev–Trinajstić information content (AvgIpc) is 2.86. The van der Waals surface area contributed by atoms with Crippen LogP contribution in [0.4, 0.5) is 0 Å². The molecular weight excluding hydrogens is 482 g/mol. The quantitative estimate of drug-likeness (QED) is 0.201. The standard InChI is InChI=1S/C23H24O4.H4O5P2/c24-16-22(17-25,21(26)18-10-4-1-5-11-18)23(27,19-12-6-2-7-13-19)20-14-8-3-9-15-20;1-6(2)5-7(3)4/h1-15,21,24-27H,16-17H2;1-4H. The molecule has 0 saturated heterocycles. The molecule has 0 amide bonds. The van der Waals surface area contributed by atoms with Gasteiger partial charge in [-0.05, 0) is 16.7 Å². The number of benzene rings is 3. The molecule has 3 aromatic carbocycles. The first kappa shape index (κ1) is 28.4. The van der Waals surface area contributed by atoms with E-state index in [0.29, 0.717) is 16.7 Å². The van der Waals surface area contributed by atoms with Gasteiger partial charge in [0.2, 0.25) is 0 Å². The van der Waals surface area contributed by atoms with Gasteiger partial charge in [0.25, 0.3) is 0 Å². The van der Waals surface area contributed by atoms with Gasteiger partial charge in [0.05, 0.1) is 24.7 Å². The molecule has 8 N–H and O–H groups in total. The van der Waals surface area contributed by atoms with Gasteiger partial charge in [-0.15, -0.1) is 0 Å². The SMILES string of the molecule is OCC(CO)(C(O)c1ccccc1)C(O)(c1ccccc1)c1ccccc1.OP(O)OP(O)O. The second-order valence-electron chi connectivity index (χ2n) is 7.32. The Hall–Kier alpha value is -1.84. The molecule has 34 heavy (non-hydrogen) atoms. The Kier molecular flexibility index (Phi) is 11.1. The molecular formula is C23H28O9P2. The molecule has 184 valence electrons. The van der Waals surface area contributed by atoms with Crippen molar-refractivity contribution in [2.75, 3.05) is 13.2 Å². The van der Waals surface area contributed by atoms with E-state index in [2.05, 4.69) is 4.31 Å². The predicted octanol–water partition coefficient (Wildman–Crippen LogP) is 2.05. The first-order valence-corrected chi connectivity index (χ1v) is 12.4. The van der Waals surface area contributed by atoms with Crippen LogP contribution in [0.5, 0.6) is 0 Å². The van der Waals surface area contributed by atoms with E-state index in [9.17, 15) is 20.4 Å². The largest absolute Gasteiger partial charge is 0.395 e. The van der Waals surface area contributed by atoms with E-state index in [1.165, 1.54) is 0 Å². The number of aliphatic hydroxyl groups excluding tert-OH is 3. The third-order valence-corrected chi connectivity index (χ3v) is 6.62. The van der Waals surface area contributed by atoms with Gasteiger partial charge in [0.1, 0.15) is 5.60 Å². The van der Waals surface area contributed by atoms with E-state index >= 15 is 0 Å². The van der Waals surface area contributed by atoms with Gasteiger partial charge in [-0.25, -0.2) is 4.31 Å². The molecule has 9 nitrogen and oxygen atoms in total. The van der Waals surface area contributed by atoms with Gasteiger partial charge in [0.15, 0.2) is 0 Å². The number of rotatable bonds is 9. The minimum Gasteiger partial charge on any atom is -0.395 e. The highest BCUT2D eigenvalue weighted by atomic mass is 31.2. The Morgan fingerprint density at radius 2 is 1.00 bits per heavy atom. The van der Waals surface area contributed by atoms with E-state index < -0.39 is 47.5 Å². The van der Waals surface area contributed by atoms with Crippen molar-refractivity contribution in [2.24, 2.45) is 5.41 Å². The summed E-state index contributed by atoms with van der Waals surface area (Å²) in [5.74, 6) is 0. The Morgan fingerprint density at radius 1 is 0.647 bits per heavy atom. The fraction of sp³-hybridized carbons (Fsp3) is 0.217. The highest BCUT2D eigenvalue weighted by Crippen LogP contribution is 2.51. The Labute approximate surface area is 199 Å². The summed E-state index contributed by atoms with van der Waals surface area (Å²) in [4.78, 5) is 31.3. The zero-order chi connectivity index (χ0) is 25.2. The Bertz CT molecular complexity index is 910. The van der Waals surface area contributed by atoms with Crippen LogP contribution in [-0.2, 0) is 9.91 Å². The van der Waals surface area contributed by atoms with Crippen LogP contribution in [0.25, 0.3) is 0 Å². The molecule has 0 aliphatic carbocycles. The van der Waals surface area contributed by atoms with Crippen LogP contribution in [0.3, 0.4) is 0 Å². The maximum atomic E-state index is 12.0. The minimum atomic E-state index is -2.61. The molecule has 1 unspecified atom stereocenters. The van der Waals surface area contributed by atoms with Gasteiger partial charge in [-0.2, -0.15) is 0 Å². The smallest absolute Gasteiger partial charge is 0.334 e. The second-order valence-corrected chi connectivity index (χ2v) is 8.98. The number of hydrogen-bond acceptors (Lipinski definition) is 9. The van der Waals surface area contributed by atoms with Gasteiger partial charge in [-0.3, -0.25) is 0 Å². The third-order valence-electron chi connectivity index (χ3n) is 5.45. The maximum Gasteiger partial charge on any atom is 0.334 e. The first-order chi connectivity index (χ1) is 16.2. The normalized spacial score (nSPS) is 12.9. The summed E-state index contributed by atoms with van der Waals surface area (Å²) >= 11 is 0. The minimum absolute atomic E-state index is 0.481. The average molecular weight is 510 g/mol. The highest BCUT2D eigenvalue weighted by Gasteiger charge is 2.56. The van der Waals surface area contributed by atoms with E-state index in [1.54, 1.807) is 72.8 Å². The Morgan fingerprint density at radius 3 is 1.29 bits per heavy atom. The number of aliphatic hydroxyl groups is 4. The van der Waals surface area contributed by atoms with E-state index in [0.717, 1.165) is 0 Å². The van der Waals surface area contributed by atoms with Gasteiger partial charge in [0, 0.05) is 0 Å². The monoisotopic (exact) mass is 510 g/mol. The molecule has 0 spiro atoms.